The van der Waals surface area contributed by atoms with Crippen molar-refractivity contribution >= 4 is 40.7 Å². The van der Waals surface area contributed by atoms with Crippen LogP contribution < -0.4 is 15.8 Å². The minimum absolute atomic E-state index is 0.0247. The maximum absolute atomic E-state index is 12.9. The van der Waals surface area contributed by atoms with Crippen molar-refractivity contribution in [2.75, 3.05) is 25.5 Å². The van der Waals surface area contributed by atoms with Gasteiger partial charge in [-0.3, -0.25) is 19.4 Å². The van der Waals surface area contributed by atoms with Gasteiger partial charge in [0.1, 0.15) is 5.56 Å². The van der Waals surface area contributed by atoms with Crippen molar-refractivity contribution in [3.63, 3.8) is 0 Å². The lowest BCUT2D eigenvalue weighted by Gasteiger charge is -2.40. The van der Waals surface area contributed by atoms with Crippen molar-refractivity contribution < 1.29 is 19.1 Å². The molecule has 9 nitrogen and oxygen atoms in total. The average molecular weight is 405 g/mol. The predicted octanol–water partition coefficient (Wildman–Crippen LogP) is 0.898. The van der Waals surface area contributed by atoms with E-state index in [1.807, 2.05) is 0 Å². The fourth-order valence-electron chi connectivity index (χ4n) is 3.49. The number of aromatic nitrogens is 1. The van der Waals surface area contributed by atoms with Crippen LogP contribution >= 0.6 is 11.8 Å². The van der Waals surface area contributed by atoms with Gasteiger partial charge in [0.25, 0.3) is 5.91 Å². The molecule has 0 bridgehead atoms. The maximum Gasteiger partial charge on any atom is 0.313 e. The van der Waals surface area contributed by atoms with Gasteiger partial charge in [-0.1, -0.05) is 6.92 Å². The molecule has 0 spiro atoms. The van der Waals surface area contributed by atoms with Gasteiger partial charge in [0, 0.05) is 12.6 Å². The molecular formula is C18H23N5O4S. The minimum atomic E-state index is -0.773. The number of carbonyl (C=O) groups is 3. The Morgan fingerprint density at radius 2 is 2.14 bits per heavy atom. The van der Waals surface area contributed by atoms with E-state index in [1.165, 1.54) is 19.4 Å². The van der Waals surface area contributed by atoms with Gasteiger partial charge < -0.3 is 20.7 Å². The van der Waals surface area contributed by atoms with Crippen LogP contribution in [0.1, 0.15) is 30.1 Å². The fourth-order valence-corrected chi connectivity index (χ4v) is 4.46. The molecular weight excluding hydrogens is 382 g/mol. The Hall–Kier alpha value is -2.62. The summed E-state index contributed by atoms with van der Waals surface area (Å²) < 4.78 is 4.98. The third-order valence-electron chi connectivity index (χ3n) is 4.91. The number of nitrogens with one attached hydrogen (secondary N) is 1. The van der Waals surface area contributed by atoms with Crippen molar-refractivity contribution in [1.82, 2.24) is 9.88 Å². The van der Waals surface area contributed by atoms with Crippen molar-refractivity contribution in [2.24, 2.45) is 16.6 Å². The lowest BCUT2D eigenvalue weighted by molar-refractivity contribution is -0.146. The monoisotopic (exact) mass is 405 g/mol. The number of nitrogens with two attached hydrogens (primary N) is 1. The number of piperidine rings is 1. The van der Waals surface area contributed by atoms with Crippen molar-refractivity contribution in [1.29, 1.82) is 0 Å². The Bertz CT molecular complexity index is 807. The van der Waals surface area contributed by atoms with E-state index >= 15 is 0 Å². The van der Waals surface area contributed by atoms with Crippen LogP contribution in [0.4, 0.5) is 5.69 Å². The molecule has 1 saturated heterocycles. The molecule has 3 atom stereocenters. The molecule has 1 aromatic heterocycles. The molecule has 150 valence electrons. The SMILES string of the molecule is COc1ncc(NC(=O)C(=O)N2C[C@H](C)CC[C@H]2C2CN=CS2)cc1C(N)=O. The Morgan fingerprint density at radius 1 is 1.36 bits per heavy atom. The molecule has 3 heterocycles. The minimum Gasteiger partial charge on any atom is -0.480 e. The van der Waals surface area contributed by atoms with E-state index in [0.717, 1.165) is 12.8 Å². The van der Waals surface area contributed by atoms with Gasteiger partial charge in [-0.2, -0.15) is 0 Å². The van der Waals surface area contributed by atoms with Crippen molar-refractivity contribution in [2.45, 2.75) is 31.1 Å². The summed E-state index contributed by atoms with van der Waals surface area (Å²) in [7, 11) is 1.36. The first-order valence-electron chi connectivity index (χ1n) is 9.00. The second-order valence-electron chi connectivity index (χ2n) is 6.95. The first-order valence-corrected chi connectivity index (χ1v) is 9.94. The van der Waals surface area contributed by atoms with E-state index in [-0.39, 0.29) is 28.4 Å². The van der Waals surface area contributed by atoms with Crippen LogP contribution in [0.5, 0.6) is 5.88 Å². The standard InChI is InChI=1S/C18H23N5O4S/c1-10-3-4-13(14-7-20-9-28-14)23(8-10)18(26)16(25)22-11-5-12(15(19)24)17(27-2)21-6-11/h5-6,9-10,13-14H,3-4,7-8H2,1-2H3,(H2,19,24)(H,22,25)/t10-,13+,14?/m1/s1. The normalized spacial score (nSPS) is 24.1. The highest BCUT2D eigenvalue weighted by atomic mass is 32.2. The third-order valence-corrected chi connectivity index (χ3v) is 6.00. The molecule has 2 aliphatic rings. The number of anilines is 1. The Labute approximate surface area is 167 Å². The van der Waals surface area contributed by atoms with Gasteiger partial charge in [-0.05, 0) is 24.8 Å². The summed E-state index contributed by atoms with van der Waals surface area (Å²) in [6.07, 6.45) is 3.17. The van der Waals surface area contributed by atoms with Crippen LogP contribution in [0, 0.1) is 5.92 Å². The average Bonchev–Trinajstić information content (AvgIpc) is 3.21. The lowest BCUT2D eigenvalue weighted by atomic mass is 9.92. The quantitative estimate of drug-likeness (QED) is 0.717. The highest BCUT2D eigenvalue weighted by Crippen LogP contribution is 2.31. The summed E-state index contributed by atoms with van der Waals surface area (Å²) in [5.74, 6) is -1.73. The first kappa shape index (κ1) is 20.1. The number of hydrogen-bond donors (Lipinski definition) is 2. The number of thioether (sulfide) groups is 1. The number of aliphatic imine (C=N–C) groups is 1. The summed E-state index contributed by atoms with van der Waals surface area (Å²) >= 11 is 1.60. The summed E-state index contributed by atoms with van der Waals surface area (Å²) in [5.41, 5.74) is 7.34. The summed E-state index contributed by atoms with van der Waals surface area (Å²) in [4.78, 5) is 46.9. The molecule has 3 N–H and O–H groups in total. The van der Waals surface area contributed by atoms with Crippen LogP contribution in [0.15, 0.2) is 17.3 Å². The van der Waals surface area contributed by atoms with E-state index in [4.69, 9.17) is 10.5 Å². The molecule has 3 rings (SSSR count). The van der Waals surface area contributed by atoms with Gasteiger partial charge >= 0.3 is 11.8 Å². The second-order valence-corrected chi connectivity index (χ2v) is 8.04. The zero-order valence-electron chi connectivity index (χ0n) is 15.8. The van der Waals surface area contributed by atoms with Crippen LogP contribution in [-0.4, -0.2) is 64.6 Å². The van der Waals surface area contributed by atoms with E-state index in [1.54, 1.807) is 22.2 Å². The fraction of sp³-hybridized carbons (Fsp3) is 0.500. The summed E-state index contributed by atoms with van der Waals surface area (Å²) in [6, 6.07) is 1.31. The summed E-state index contributed by atoms with van der Waals surface area (Å²) in [5, 5.41) is 2.69. The topological polar surface area (TPSA) is 127 Å². The Balaban J connectivity index is 1.74. The van der Waals surface area contributed by atoms with Crippen molar-refractivity contribution in [3.05, 3.63) is 17.8 Å². The number of rotatable bonds is 4. The third kappa shape index (κ3) is 4.27. The first-order chi connectivity index (χ1) is 13.4. The molecule has 1 unspecified atom stereocenters. The van der Waals surface area contributed by atoms with Gasteiger partial charge in [0.2, 0.25) is 5.88 Å². The van der Waals surface area contributed by atoms with E-state index < -0.39 is 17.7 Å². The second kappa shape index (κ2) is 8.59. The van der Waals surface area contributed by atoms with Crippen molar-refractivity contribution in [3.8, 4) is 5.88 Å². The number of hydrogen-bond acceptors (Lipinski definition) is 7. The van der Waals surface area contributed by atoms with Crippen LogP contribution in [-0.2, 0) is 9.59 Å². The number of pyridine rings is 1. The number of amides is 3. The number of likely N-dealkylation sites (tertiary alicyclic amines) is 1. The maximum atomic E-state index is 12.9. The molecule has 10 heteroatoms. The molecule has 0 radical (unpaired) electrons. The van der Waals surface area contributed by atoms with Crippen LogP contribution in [0.2, 0.25) is 0 Å². The molecule has 28 heavy (non-hydrogen) atoms. The Morgan fingerprint density at radius 3 is 2.79 bits per heavy atom. The highest BCUT2D eigenvalue weighted by molar-refractivity contribution is 8.12. The Kier molecular flexibility index (Phi) is 6.18. The van der Waals surface area contributed by atoms with E-state index in [9.17, 15) is 14.4 Å². The molecule has 0 aliphatic carbocycles. The predicted molar refractivity (Wildman–Crippen MR) is 107 cm³/mol. The number of ether oxygens (including phenoxy) is 1. The van der Waals surface area contributed by atoms with Crippen LogP contribution in [0.25, 0.3) is 0 Å². The lowest BCUT2D eigenvalue weighted by Crippen LogP contribution is -2.54. The van der Waals surface area contributed by atoms with Gasteiger partial charge in [0.15, 0.2) is 0 Å². The molecule has 0 aromatic carbocycles. The smallest absolute Gasteiger partial charge is 0.313 e. The number of nitrogens with zero attached hydrogens (tertiary/aromatic N) is 3. The number of methoxy groups -OCH3 is 1. The van der Waals surface area contributed by atoms with Gasteiger partial charge in [-0.15, -0.1) is 11.8 Å². The largest absolute Gasteiger partial charge is 0.480 e. The zero-order valence-corrected chi connectivity index (χ0v) is 16.6. The molecule has 1 fully saturated rings. The number of carbonyl (C=O) groups excluding carboxylic acids is 3. The molecule has 0 saturated carbocycles. The van der Waals surface area contributed by atoms with Crippen LogP contribution in [0.3, 0.4) is 0 Å². The van der Waals surface area contributed by atoms with E-state index in [0.29, 0.717) is 19.0 Å². The molecule has 2 aliphatic heterocycles. The van der Waals surface area contributed by atoms with E-state index in [2.05, 4.69) is 22.2 Å². The summed E-state index contributed by atoms with van der Waals surface area (Å²) in [6.45, 7) is 3.25. The molecule has 1 aromatic rings. The van der Waals surface area contributed by atoms with Gasteiger partial charge in [-0.25, -0.2) is 4.98 Å². The highest BCUT2D eigenvalue weighted by Gasteiger charge is 2.38. The molecule has 3 amide bonds. The number of primary amides is 1. The van der Waals surface area contributed by atoms with Gasteiger partial charge in [0.05, 0.1) is 36.3 Å². The zero-order chi connectivity index (χ0) is 20.3.